The summed E-state index contributed by atoms with van der Waals surface area (Å²) in [6.45, 7) is 3.09. The minimum Gasteiger partial charge on any atom is -0.281 e. The van der Waals surface area contributed by atoms with Gasteiger partial charge in [-0.1, -0.05) is 15.9 Å². The van der Waals surface area contributed by atoms with Crippen LogP contribution in [-0.2, 0) is 16.6 Å². The molecule has 1 aromatic carbocycles. The third kappa shape index (κ3) is 3.08. The van der Waals surface area contributed by atoms with Crippen LogP contribution in [0.15, 0.2) is 27.6 Å². The maximum atomic E-state index is 13.6. The number of nitrogens with zero attached hydrogens (tertiary/aromatic N) is 1. The molecule has 20 heavy (non-hydrogen) atoms. The molecule has 0 amide bonds. The van der Waals surface area contributed by atoms with Crippen molar-refractivity contribution in [2.45, 2.75) is 25.3 Å². The van der Waals surface area contributed by atoms with Crippen LogP contribution < -0.4 is 4.72 Å². The van der Waals surface area contributed by atoms with Crippen molar-refractivity contribution in [3.63, 3.8) is 0 Å². The summed E-state index contributed by atoms with van der Waals surface area (Å²) in [5, 5.41) is 6.45. The number of hydrogen-bond acceptors (Lipinski definition) is 3. The van der Waals surface area contributed by atoms with Crippen molar-refractivity contribution in [2.75, 3.05) is 0 Å². The number of rotatable bonds is 4. The van der Waals surface area contributed by atoms with Crippen LogP contribution in [0.3, 0.4) is 0 Å². The van der Waals surface area contributed by atoms with Crippen LogP contribution in [0, 0.1) is 19.7 Å². The zero-order valence-electron chi connectivity index (χ0n) is 10.9. The molecule has 0 saturated carbocycles. The molecule has 0 spiro atoms. The average Bonchev–Trinajstić information content (AvgIpc) is 2.71. The molecule has 0 saturated heterocycles. The van der Waals surface area contributed by atoms with Crippen LogP contribution in [-0.4, -0.2) is 18.6 Å². The van der Waals surface area contributed by atoms with Crippen LogP contribution >= 0.6 is 15.9 Å². The molecule has 108 valence electrons. The Balaban J connectivity index is 2.24. The Hall–Kier alpha value is -1.25. The zero-order chi connectivity index (χ0) is 14.9. The number of sulfonamides is 1. The van der Waals surface area contributed by atoms with Gasteiger partial charge in [0, 0.05) is 16.6 Å². The topological polar surface area (TPSA) is 74.8 Å². The Labute approximate surface area is 124 Å². The van der Waals surface area contributed by atoms with Crippen LogP contribution in [0.25, 0.3) is 0 Å². The Bertz CT molecular complexity index is 724. The normalized spacial score (nSPS) is 11.8. The second kappa shape index (κ2) is 5.63. The first-order valence-corrected chi connectivity index (χ1v) is 8.04. The summed E-state index contributed by atoms with van der Waals surface area (Å²) in [5.41, 5.74) is 1.09. The highest BCUT2D eigenvalue weighted by atomic mass is 79.9. The molecular formula is C12H13BrFN3O2S. The molecule has 2 rings (SSSR count). The summed E-state index contributed by atoms with van der Waals surface area (Å²) in [6, 6.07) is 4.37. The molecule has 1 heterocycles. The first-order valence-electron chi connectivity index (χ1n) is 5.76. The lowest BCUT2D eigenvalue weighted by Gasteiger charge is -2.08. The fraction of sp³-hybridized carbons (Fsp3) is 0.250. The molecule has 0 aliphatic rings. The lowest BCUT2D eigenvalue weighted by Crippen LogP contribution is -2.24. The summed E-state index contributed by atoms with van der Waals surface area (Å²) < 4.78 is 41.0. The summed E-state index contributed by atoms with van der Waals surface area (Å²) in [4.78, 5) is 0.105. The van der Waals surface area contributed by atoms with Gasteiger partial charge in [-0.3, -0.25) is 5.10 Å². The molecule has 8 heteroatoms. The number of aromatic nitrogens is 2. The highest BCUT2D eigenvalue weighted by Crippen LogP contribution is 2.19. The highest BCUT2D eigenvalue weighted by Gasteiger charge is 2.22. The van der Waals surface area contributed by atoms with Gasteiger partial charge in [-0.2, -0.15) is 5.10 Å². The van der Waals surface area contributed by atoms with Crippen LogP contribution in [0.1, 0.15) is 17.0 Å². The number of hydrogen-bond donors (Lipinski definition) is 2. The van der Waals surface area contributed by atoms with Gasteiger partial charge in [0.15, 0.2) is 0 Å². The van der Waals surface area contributed by atoms with Crippen molar-refractivity contribution >= 4 is 26.0 Å². The molecule has 1 aromatic heterocycles. The lowest BCUT2D eigenvalue weighted by molar-refractivity contribution is 0.573. The number of H-pyrrole nitrogens is 1. The molecular weight excluding hydrogens is 349 g/mol. The van der Waals surface area contributed by atoms with Crippen molar-refractivity contribution in [1.29, 1.82) is 0 Å². The van der Waals surface area contributed by atoms with E-state index in [0.717, 1.165) is 0 Å². The summed E-state index contributed by atoms with van der Waals surface area (Å²) >= 11 is 3.22. The third-order valence-corrected chi connectivity index (χ3v) is 4.95. The average molecular weight is 362 g/mol. The monoisotopic (exact) mass is 361 g/mol. The number of halogens is 2. The summed E-state index contributed by atoms with van der Waals surface area (Å²) in [6.07, 6.45) is 0. The number of benzene rings is 1. The summed E-state index contributed by atoms with van der Waals surface area (Å²) in [7, 11) is -3.73. The Morgan fingerprint density at radius 1 is 1.40 bits per heavy atom. The first kappa shape index (κ1) is 15.1. The van der Waals surface area contributed by atoms with E-state index in [1.807, 2.05) is 0 Å². The van der Waals surface area contributed by atoms with E-state index in [1.165, 1.54) is 12.1 Å². The molecule has 0 aliphatic heterocycles. The van der Waals surface area contributed by atoms with Gasteiger partial charge >= 0.3 is 0 Å². The molecule has 0 atom stereocenters. The van der Waals surface area contributed by atoms with Crippen molar-refractivity contribution in [3.05, 3.63) is 45.4 Å². The quantitative estimate of drug-likeness (QED) is 0.877. The van der Waals surface area contributed by atoms with E-state index in [9.17, 15) is 12.8 Å². The van der Waals surface area contributed by atoms with Gasteiger partial charge in [-0.25, -0.2) is 17.5 Å². The first-order chi connectivity index (χ1) is 9.31. The van der Waals surface area contributed by atoms with Crippen molar-refractivity contribution in [2.24, 2.45) is 0 Å². The number of aryl methyl sites for hydroxylation is 2. The van der Waals surface area contributed by atoms with Crippen molar-refractivity contribution in [3.8, 4) is 0 Å². The minimum atomic E-state index is -3.73. The third-order valence-electron chi connectivity index (χ3n) is 2.79. The van der Waals surface area contributed by atoms with Gasteiger partial charge in [0.25, 0.3) is 0 Å². The SMILES string of the molecule is Cc1n[nH]c(C)c1S(=O)(=O)NCc1cc(Br)ccc1F. The van der Waals surface area contributed by atoms with E-state index < -0.39 is 15.8 Å². The maximum Gasteiger partial charge on any atom is 0.244 e. The van der Waals surface area contributed by atoms with Gasteiger partial charge in [-0.15, -0.1) is 0 Å². The molecule has 0 fully saturated rings. The van der Waals surface area contributed by atoms with Gasteiger partial charge in [-0.05, 0) is 32.0 Å². The van der Waals surface area contributed by atoms with Gasteiger partial charge in [0.05, 0.1) is 11.4 Å². The fourth-order valence-corrected chi connectivity index (χ4v) is 3.64. The molecule has 0 radical (unpaired) electrons. The van der Waals surface area contributed by atoms with E-state index in [-0.39, 0.29) is 17.0 Å². The van der Waals surface area contributed by atoms with Crippen LogP contribution in [0.2, 0.25) is 0 Å². The molecule has 2 aromatic rings. The van der Waals surface area contributed by atoms with Gasteiger partial charge in [0.2, 0.25) is 10.0 Å². The van der Waals surface area contributed by atoms with Gasteiger partial charge < -0.3 is 0 Å². The molecule has 5 nitrogen and oxygen atoms in total. The standard InChI is InChI=1S/C12H13BrFN3O2S/c1-7-12(8(2)17-16-7)20(18,19)15-6-9-5-10(13)3-4-11(9)14/h3-5,15H,6H2,1-2H3,(H,16,17). The van der Waals surface area contributed by atoms with Crippen LogP contribution in [0.4, 0.5) is 4.39 Å². The summed E-state index contributed by atoms with van der Waals surface area (Å²) in [5.74, 6) is -0.462. The lowest BCUT2D eigenvalue weighted by atomic mass is 10.2. The van der Waals surface area contributed by atoms with E-state index >= 15 is 0 Å². The predicted octanol–water partition coefficient (Wildman–Crippen LogP) is 2.41. The van der Waals surface area contributed by atoms with E-state index in [1.54, 1.807) is 19.9 Å². The second-order valence-corrected chi connectivity index (χ2v) is 6.94. The fourth-order valence-electron chi connectivity index (χ4n) is 1.86. The molecule has 0 aliphatic carbocycles. The Morgan fingerprint density at radius 2 is 2.10 bits per heavy atom. The van der Waals surface area contributed by atoms with E-state index in [4.69, 9.17) is 0 Å². The number of aromatic amines is 1. The minimum absolute atomic E-state index is 0.105. The smallest absolute Gasteiger partial charge is 0.244 e. The Kier molecular flexibility index (Phi) is 4.26. The van der Waals surface area contributed by atoms with Gasteiger partial charge in [0.1, 0.15) is 10.7 Å². The highest BCUT2D eigenvalue weighted by molar-refractivity contribution is 9.10. The van der Waals surface area contributed by atoms with E-state index in [0.29, 0.717) is 15.9 Å². The van der Waals surface area contributed by atoms with Crippen molar-refractivity contribution < 1.29 is 12.8 Å². The predicted molar refractivity (Wildman–Crippen MR) is 76.2 cm³/mol. The van der Waals surface area contributed by atoms with E-state index in [2.05, 4.69) is 30.8 Å². The molecule has 2 N–H and O–H groups in total. The zero-order valence-corrected chi connectivity index (χ0v) is 13.3. The van der Waals surface area contributed by atoms with Crippen molar-refractivity contribution in [1.82, 2.24) is 14.9 Å². The maximum absolute atomic E-state index is 13.6. The Morgan fingerprint density at radius 3 is 2.70 bits per heavy atom. The second-order valence-electron chi connectivity index (χ2n) is 4.32. The molecule has 0 bridgehead atoms. The molecule has 0 unspecified atom stereocenters. The largest absolute Gasteiger partial charge is 0.281 e. The number of nitrogens with one attached hydrogen (secondary N) is 2. The van der Waals surface area contributed by atoms with Crippen LogP contribution in [0.5, 0.6) is 0 Å².